The Bertz CT molecular complexity index is 296. The van der Waals surface area contributed by atoms with Crippen LogP contribution >= 0.6 is 0 Å². The van der Waals surface area contributed by atoms with Crippen LogP contribution in [0.4, 0.5) is 0 Å². The number of hydrogen-bond acceptors (Lipinski definition) is 2. The van der Waals surface area contributed by atoms with Crippen LogP contribution in [0.1, 0.15) is 10.4 Å². The van der Waals surface area contributed by atoms with Crippen LogP contribution in [0, 0.1) is 0 Å². The number of hydrogen-bond donors (Lipinski definition) is 2. The van der Waals surface area contributed by atoms with Crippen molar-refractivity contribution < 1.29 is 15.0 Å². The van der Waals surface area contributed by atoms with E-state index in [-0.39, 0.29) is 11.3 Å². The minimum absolute atomic E-state index is 0.0353. The molecule has 58 valence electrons. The summed E-state index contributed by atoms with van der Waals surface area (Å²) in [6.07, 6.45) is 0. The van der Waals surface area contributed by atoms with Crippen LogP contribution in [-0.2, 0) is 0 Å². The van der Waals surface area contributed by atoms with Crippen molar-refractivity contribution in [3.05, 3.63) is 23.8 Å². The predicted octanol–water partition coefficient (Wildman–Crippen LogP) is -0.651. The number of rotatable bonds is 1. The summed E-state index contributed by atoms with van der Waals surface area (Å²) in [6, 6.07) is 4.53. The maximum atomic E-state index is 10.4. The minimum atomic E-state index is -1.10. The van der Waals surface area contributed by atoms with Gasteiger partial charge in [0.05, 0.1) is 0 Å². The molecular formula is C7H7AsO3. The van der Waals surface area contributed by atoms with Crippen molar-refractivity contribution in [3.8, 4) is 5.75 Å². The molecule has 0 saturated heterocycles. The molecule has 0 bridgehead atoms. The van der Waals surface area contributed by atoms with Crippen LogP contribution in [-0.4, -0.2) is 33.0 Å². The average molecular weight is 214 g/mol. The second-order valence-electron chi connectivity index (χ2n) is 2.08. The third kappa shape index (κ3) is 1.75. The fraction of sp³-hybridized carbons (Fsp3) is 0. The Kier molecular flexibility index (Phi) is 2.20. The predicted molar refractivity (Wildman–Crippen MR) is 43.2 cm³/mol. The fourth-order valence-corrected chi connectivity index (χ4v) is 1.28. The molecule has 0 aliphatic carbocycles. The summed E-state index contributed by atoms with van der Waals surface area (Å²) in [5, 5.41) is 17.6. The van der Waals surface area contributed by atoms with Gasteiger partial charge in [0, 0.05) is 0 Å². The van der Waals surface area contributed by atoms with E-state index in [1.165, 1.54) is 29.0 Å². The van der Waals surface area contributed by atoms with Gasteiger partial charge in [0.1, 0.15) is 0 Å². The molecule has 0 aromatic heterocycles. The van der Waals surface area contributed by atoms with Gasteiger partial charge in [-0.1, -0.05) is 0 Å². The van der Waals surface area contributed by atoms with Gasteiger partial charge < -0.3 is 0 Å². The zero-order valence-electron chi connectivity index (χ0n) is 5.61. The maximum absolute atomic E-state index is 10.4. The first-order valence-electron chi connectivity index (χ1n) is 2.93. The van der Waals surface area contributed by atoms with E-state index in [9.17, 15) is 4.79 Å². The summed E-state index contributed by atoms with van der Waals surface area (Å²) in [7, 11) is 0. The Morgan fingerprint density at radius 3 is 2.55 bits per heavy atom. The van der Waals surface area contributed by atoms with Crippen LogP contribution in [0.3, 0.4) is 0 Å². The molecule has 4 heteroatoms. The van der Waals surface area contributed by atoms with Gasteiger partial charge in [0.15, 0.2) is 0 Å². The van der Waals surface area contributed by atoms with Gasteiger partial charge in [0.25, 0.3) is 0 Å². The van der Waals surface area contributed by atoms with E-state index in [1.54, 1.807) is 6.07 Å². The van der Waals surface area contributed by atoms with Crippen molar-refractivity contribution in [2.24, 2.45) is 0 Å². The quantitative estimate of drug-likeness (QED) is 0.610. The SMILES string of the molecule is O=C(O)c1cc([AsH2])ccc1O. The first-order chi connectivity index (χ1) is 5.11. The summed E-state index contributed by atoms with van der Waals surface area (Å²) >= 11 is 1.33. The van der Waals surface area contributed by atoms with Crippen LogP contribution < -0.4 is 4.35 Å². The third-order valence-corrected chi connectivity index (χ3v) is 2.00. The molecule has 0 spiro atoms. The summed E-state index contributed by atoms with van der Waals surface area (Å²) in [4.78, 5) is 10.4. The number of benzene rings is 1. The average Bonchev–Trinajstić information content (AvgIpc) is 1.94. The molecule has 1 atom stereocenters. The number of aromatic carboxylic acids is 1. The third-order valence-electron chi connectivity index (χ3n) is 1.25. The monoisotopic (exact) mass is 214 g/mol. The second-order valence-corrected chi connectivity index (χ2v) is 3.48. The molecule has 1 aromatic rings. The van der Waals surface area contributed by atoms with E-state index in [0.29, 0.717) is 0 Å². The molecule has 0 saturated carbocycles. The Labute approximate surface area is 72.2 Å². The van der Waals surface area contributed by atoms with E-state index in [0.717, 1.165) is 4.35 Å². The van der Waals surface area contributed by atoms with Crippen LogP contribution in [0.2, 0.25) is 0 Å². The van der Waals surface area contributed by atoms with Crippen LogP contribution in [0.25, 0.3) is 0 Å². The first-order valence-corrected chi connectivity index (χ1v) is 4.14. The van der Waals surface area contributed by atoms with Crippen molar-refractivity contribution in [2.75, 3.05) is 0 Å². The molecule has 0 aliphatic heterocycles. The Hall–Kier alpha value is -0.952. The van der Waals surface area contributed by atoms with Gasteiger partial charge in [-0.15, -0.1) is 0 Å². The molecule has 1 aromatic carbocycles. The van der Waals surface area contributed by atoms with Gasteiger partial charge in [-0.25, -0.2) is 0 Å². The molecule has 0 fully saturated rings. The molecular weight excluding hydrogens is 207 g/mol. The van der Waals surface area contributed by atoms with E-state index in [4.69, 9.17) is 10.2 Å². The number of carbonyl (C=O) groups is 1. The molecule has 0 amide bonds. The standard InChI is InChI=1S/C7H7AsO3/c8-4-1-2-6(9)5(3-4)7(10)11/h1-3,9H,8H2,(H,10,11). The Morgan fingerprint density at radius 2 is 2.09 bits per heavy atom. The normalized spacial score (nSPS) is 9.55. The second kappa shape index (κ2) is 2.97. The first kappa shape index (κ1) is 8.15. The fourth-order valence-electron chi connectivity index (χ4n) is 0.725. The molecule has 0 heterocycles. The molecule has 0 radical (unpaired) electrons. The van der Waals surface area contributed by atoms with Gasteiger partial charge in [-0.05, 0) is 0 Å². The molecule has 1 unspecified atom stereocenters. The molecule has 1 rings (SSSR count). The zero-order valence-corrected chi connectivity index (χ0v) is 8.03. The van der Waals surface area contributed by atoms with Crippen molar-refractivity contribution >= 4 is 27.2 Å². The number of phenols is 1. The van der Waals surface area contributed by atoms with E-state index < -0.39 is 5.97 Å². The van der Waals surface area contributed by atoms with Gasteiger partial charge >= 0.3 is 71.7 Å². The molecule has 0 aliphatic rings. The number of carboxylic acid groups (broad SMARTS) is 1. The number of carboxylic acids is 1. The van der Waals surface area contributed by atoms with Gasteiger partial charge in [-0.3, -0.25) is 0 Å². The van der Waals surface area contributed by atoms with Crippen LogP contribution in [0.15, 0.2) is 18.2 Å². The summed E-state index contributed by atoms with van der Waals surface area (Å²) in [6.45, 7) is 0. The van der Waals surface area contributed by atoms with E-state index >= 15 is 0 Å². The van der Waals surface area contributed by atoms with Crippen molar-refractivity contribution in [1.29, 1.82) is 0 Å². The zero-order chi connectivity index (χ0) is 8.43. The molecule has 2 N–H and O–H groups in total. The topological polar surface area (TPSA) is 57.5 Å². The summed E-state index contributed by atoms with van der Waals surface area (Å²) in [5.74, 6) is -1.28. The Morgan fingerprint density at radius 1 is 1.45 bits per heavy atom. The van der Waals surface area contributed by atoms with Crippen molar-refractivity contribution in [2.45, 2.75) is 0 Å². The van der Waals surface area contributed by atoms with Crippen molar-refractivity contribution in [3.63, 3.8) is 0 Å². The number of aromatic hydroxyl groups is 1. The summed E-state index contributed by atoms with van der Waals surface area (Å²) < 4.78 is 0.882. The van der Waals surface area contributed by atoms with Gasteiger partial charge in [0.2, 0.25) is 0 Å². The molecule has 11 heavy (non-hydrogen) atoms. The van der Waals surface area contributed by atoms with E-state index in [2.05, 4.69) is 0 Å². The summed E-state index contributed by atoms with van der Waals surface area (Å²) in [5.41, 5.74) is -0.0353. The van der Waals surface area contributed by atoms with Crippen molar-refractivity contribution in [1.82, 2.24) is 0 Å². The van der Waals surface area contributed by atoms with E-state index in [1.807, 2.05) is 0 Å². The van der Waals surface area contributed by atoms with Gasteiger partial charge in [-0.2, -0.15) is 0 Å². The molecule has 3 nitrogen and oxygen atoms in total. The Balaban J connectivity index is 3.23. The van der Waals surface area contributed by atoms with Crippen LogP contribution in [0.5, 0.6) is 5.75 Å².